The van der Waals surface area contributed by atoms with Gasteiger partial charge in [0.05, 0.1) is 5.69 Å². The van der Waals surface area contributed by atoms with Gasteiger partial charge in [0, 0.05) is 22.2 Å². The normalized spacial score (nSPS) is 15.7. The molecule has 3 heteroatoms. The quantitative estimate of drug-likeness (QED) is 0.710. The lowest BCUT2D eigenvalue weighted by molar-refractivity contribution is -0.113. The van der Waals surface area contributed by atoms with Crippen LogP contribution in [-0.2, 0) is 4.79 Å². The molecule has 22 heavy (non-hydrogen) atoms. The lowest BCUT2D eigenvalue weighted by atomic mass is 10.0. The van der Waals surface area contributed by atoms with Crippen molar-refractivity contribution < 1.29 is 4.79 Å². The Labute approximate surface area is 139 Å². The number of para-hydroxylation sites is 1. The van der Waals surface area contributed by atoms with Gasteiger partial charge < -0.3 is 4.90 Å². The fourth-order valence-corrected chi connectivity index (χ4v) is 3.17. The summed E-state index contributed by atoms with van der Waals surface area (Å²) in [6.45, 7) is 5.00. The van der Waals surface area contributed by atoms with Crippen molar-refractivity contribution in [2.24, 2.45) is 5.92 Å². The standard InChI is InChI=1S/C19H18BrNO/c1-13(2)12-21-18-9-4-3-8-16(18)17(19(21)22)11-14-6-5-7-15(20)10-14/h3-11,13H,12H2,1-2H3/b17-11-. The van der Waals surface area contributed by atoms with E-state index < -0.39 is 0 Å². The van der Waals surface area contributed by atoms with Crippen LogP contribution in [0.25, 0.3) is 11.6 Å². The maximum Gasteiger partial charge on any atom is 0.259 e. The first-order valence-corrected chi connectivity index (χ1v) is 8.24. The second kappa shape index (κ2) is 6.09. The van der Waals surface area contributed by atoms with Crippen LogP contribution in [0.3, 0.4) is 0 Å². The number of anilines is 1. The zero-order valence-electron chi connectivity index (χ0n) is 12.7. The third kappa shape index (κ3) is 2.86. The number of hydrogen-bond acceptors (Lipinski definition) is 1. The van der Waals surface area contributed by atoms with Crippen LogP contribution in [-0.4, -0.2) is 12.5 Å². The summed E-state index contributed by atoms with van der Waals surface area (Å²) in [7, 11) is 0. The minimum atomic E-state index is 0.0925. The van der Waals surface area contributed by atoms with Gasteiger partial charge in [0.15, 0.2) is 0 Å². The minimum absolute atomic E-state index is 0.0925. The van der Waals surface area contributed by atoms with E-state index in [0.29, 0.717) is 5.92 Å². The van der Waals surface area contributed by atoms with Gasteiger partial charge in [-0.25, -0.2) is 0 Å². The maximum atomic E-state index is 12.8. The number of carbonyl (C=O) groups is 1. The number of halogens is 1. The molecule has 0 aliphatic carbocycles. The van der Waals surface area contributed by atoms with E-state index in [-0.39, 0.29) is 5.91 Å². The molecule has 0 atom stereocenters. The summed E-state index contributed by atoms with van der Waals surface area (Å²) in [6, 6.07) is 16.0. The average Bonchev–Trinajstić information content (AvgIpc) is 2.73. The molecule has 0 saturated carbocycles. The first-order chi connectivity index (χ1) is 10.6. The van der Waals surface area contributed by atoms with Crippen LogP contribution in [0, 0.1) is 5.92 Å². The highest BCUT2D eigenvalue weighted by Gasteiger charge is 2.32. The number of rotatable bonds is 3. The summed E-state index contributed by atoms with van der Waals surface area (Å²) in [5.41, 5.74) is 3.84. The summed E-state index contributed by atoms with van der Waals surface area (Å²) < 4.78 is 1.01. The summed E-state index contributed by atoms with van der Waals surface area (Å²) >= 11 is 3.48. The van der Waals surface area contributed by atoms with Crippen molar-refractivity contribution in [1.82, 2.24) is 0 Å². The maximum absolute atomic E-state index is 12.8. The minimum Gasteiger partial charge on any atom is -0.307 e. The third-order valence-corrected chi connectivity index (χ3v) is 4.16. The Balaban J connectivity index is 2.07. The van der Waals surface area contributed by atoms with E-state index in [1.54, 1.807) is 0 Å². The van der Waals surface area contributed by atoms with Crippen molar-refractivity contribution in [3.05, 3.63) is 64.1 Å². The molecule has 1 amide bonds. The number of benzene rings is 2. The molecule has 0 saturated heterocycles. The van der Waals surface area contributed by atoms with E-state index in [4.69, 9.17) is 0 Å². The van der Waals surface area contributed by atoms with Gasteiger partial charge >= 0.3 is 0 Å². The zero-order chi connectivity index (χ0) is 15.7. The molecular weight excluding hydrogens is 338 g/mol. The van der Waals surface area contributed by atoms with Crippen LogP contribution in [0.1, 0.15) is 25.0 Å². The van der Waals surface area contributed by atoms with Crippen molar-refractivity contribution in [2.75, 3.05) is 11.4 Å². The third-order valence-electron chi connectivity index (χ3n) is 3.67. The fourth-order valence-electron chi connectivity index (χ4n) is 2.76. The van der Waals surface area contributed by atoms with E-state index in [1.165, 1.54) is 0 Å². The van der Waals surface area contributed by atoms with Crippen molar-refractivity contribution in [3.63, 3.8) is 0 Å². The van der Waals surface area contributed by atoms with Gasteiger partial charge in [0.2, 0.25) is 0 Å². The number of amides is 1. The summed E-state index contributed by atoms with van der Waals surface area (Å²) in [5, 5.41) is 0. The Hall–Kier alpha value is -1.87. The Morgan fingerprint density at radius 2 is 1.91 bits per heavy atom. The molecule has 1 heterocycles. The molecule has 0 fully saturated rings. The molecule has 1 aliphatic rings. The molecule has 2 aromatic carbocycles. The predicted octanol–water partition coefficient (Wildman–Crippen LogP) is 4.99. The Morgan fingerprint density at radius 1 is 1.14 bits per heavy atom. The van der Waals surface area contributed by atoms with E-state index in [1.807, 2.05) is 59.5 Å². The van der Waals surface area contributed by atoms with Crippen LogP contribution < -0.4 is 4.90 Å². The molecule has 0 unspecified atom stereocenters. The van der Waals surface area contributed by atoms with Crippen LogP contribution in [0.4, 0.5) is 5.69 Å². The Bertz CT molecular complexity index is 749. The largest absolute Gasteiger partial charge is 0.307 e. The molecule has 2 aromatic rings. The second-order valence-corrected chi connectivity index (χ2v) is 6.86. The van der Waals surface area contributed by atoms with Crippen molar-refractivity contribution in [2.45, 2.75) is 13.8 Å². The van der Waals surface area contributed by atoms with E-state index in [9.17, 15) is 4.79 Å². The zero-order valence-corrected chi connectivity index (χ0v) is 14.3. The molecule has 1 aliphatic heterocycles. The van der Waals surface area contributed by atoms with Crippen LogP contribution >= 0.6 is 15.9 Å². The van der Waals surface area contributed by atoms with Gasteiger partial charge in [-0.2, -0.15) is 0 Å². The van der Waals surface area contributed by atoms with Crippen molar-refractivity contribution in [1.29, 1.82) is 0 Å². The van der Waals surface area contributed by atoms with E-state index >= 15 is 0 Å². The number of hydrogen-bond donors (Lipinski definition) is 0. The SMILES string of the molecule is CC(C)CN1C(=O)/C(=C\c2cccc(Br)c2)c2ccccc21. The molecule has 0 spiro atoms. The fraction of sp³-hybridized carbons (Fsp3) is 0.211. The lowest BCUT2D eigenvalue weighted by Crippen LogP contribution is -2.30. The molecule has 2 nitrogen and oxygen atoms in total. The monoisotopic (exact) mass is 355 g/mol. The smallest absolute Gasteiger partial charge is 0.259 e. The number of fused-ring (bicyclic) bond motifs is 1. The predicted molar refractivity (Wildman–Crippen MR) is 95.6 cm³/mol. The van der Waals surface area contributed by atoms with Crippen molar-refractivity contribution >= 4 is 39.2 Å². The highest BCUT2D eigenvalue weighted by molar-refractivity contribution is 9.10. The molecule has 0 radical (unpaired) electrons. The van der Waals surface area contributed by atoms with Crippen LogP contribution in [0.5, 0.6) is 0 Å². The number of carbonyl (C=O) groups excluding carboxylic acids is 1. The van der Waals surface area contributed by atoms with Crippen molar-refractivity contribution in [3.8, 4) is 0 Å². The van der Waals surface area contributed by atoms with Gasteiger partial charge in [0.1, 0.15) is 0 Å². The Morgan fingerprint density at radius 3 is 2.64 bits per heavy atom. The number of nitrogens with zero attached hydrogens (tertiary/aromatic N) is 1. The highest BCUT2D eigenvalue weighted by atomic mass is 79.9. The van der Waals surface area contributed by atoms with Crippen LogP contribution in [0.15, 0.2) is 53.0 Å². The second-order valence-electron chi connectivity index (χ2n) is 5.94. The summed E-state index contributed by atoms with van der Waals surface area (Å²) in [5.74, 6) is 0.525. The van der Waals surface area contributed by atoms with Gasteiger partial charge in [-0.3, -0.25) is 4.79 Å². The molecule has 0 bridgehead atoms. The lowest BCUT2D eigenvalue weighted by Gasteiger charge is -2.19. The molecule has 112 valence electrons. The molecular formula is C19H18BrNO. The van der Waals surface area contributed by atoms with Gasteiger partial charge in [-0.05, 0) is 35.8 Å². The highest BCUT2D eigenvalue weighted by Crippen LogP contribution is 2.38. The molecule has 3 rings (SSSR count). The van der Waals surface area contributed by atoms with Gasteiger partial charge in [0.25, 0.3) is 5.91 Å². The summed E-state index contributed by atoms with van der Waals surface area (Å²) in [4.78, 5) is 14.7. The first-order valence-electron chi connectivity index (χ1n) is 7.45. The molecule has 0 N–H and O–H groups in total. The topological polar surface area (TPSA) is 20.3 Å². The van der Waals surface area contributed by atoms with Gasteiger partial charge in [-0.15, -0.1) is 0 Å². The molecule has 0 aromatic heterocycles. The first kappa shape index (κ1) is 15.0. The van der Waals surface area contributed by atoms with E-state index in [0.717, 1.165) is 33.4 Å². The van der Waals surface area contributed by atoms with Crippen LogP contribution in [0.2, 0.25) is 0 Å². The Kier molecular flexibility index (Phi) is 4.16. The average molecular weight is 356 g/mol. The van der Waals surface area contributed by atoms with Gasteiger partial charge in [-0.1, -0.05) is 60.1 Å². The summed E-state index contributed by atoms with van der Waals surface area (Å²) in [6.07, 6.45) is 1.98. The van der Waals surface area contributed by atoms with E-state index in [2.05, 4.69) is 29.8 Å².